The van der Waals surface area contributed by atoms with Crippen molar-refractivity contribution in [2.24, 2.45) is 5.92 Å². The highest BCUT2D eigenvalue weighted by Gasteiger charge is 2.20. The van der Waals surface area contributed by atoms with E-state index in [1.54, 1.807) is 0 Å². The summed E-state index contributed by atoms with van der Waals surface area (Å²) in [4.78, 5) is 23.7. The van der Waals surface area contributed by atoms with Gasteiger partial charge < -0.3 is 10.4 Å². The molecule has 0 heterocycles. The summed E-state index contributed by atoms with van der Waals surface area (Å²) in [5.74, 6) is -1.43. The van der Waals surface area contributed by atoms with Crippen LogP contribution in [0.25, 0.3) is 0 Å². The van der Waals surface area contributed by atoms with Crippen LogP contribution in [0.15, 0.2) is 36.4 Å². The summed E-state index contributed by atoms with van der Waals surface area (Å²) in [5.41, 5.74) is 1.91. The molecule has 0 aromatic heterocycles. The molecule has 29 heavy (non-hydrogen) atoms. The largest absolute Gasteiger partial charge is 0.481 e. The zero-order chi connectivity index (χ0) is 21.5. The smallest absolute Gasteiger partial charge is 0.307 e. The molecular formula is C25H39NO3. The van der Waals surface area contributed by atoms with E-state index in [0.29, 0.717) is 18.0 Å². The van der Waals surface area contributed by atoms with E-state index in [1.807, 2.05) is 30.3 Å². The normalized spacial score (nSPS) is 12.4. The molecule has 1 aromatic rings. The fourth-order valence-corrected chi connectivity index (χ4v) is 3.26. The third-order valence-corrected chi connectivity index (χ3v) is 5.20. The van der Waals surface area contributed by atoms with E-state index < -0.39 is 11.9 Å². The molecule has 4 nitrogen and oxygen atoms in total. The average Bonchev–Trinajstić information content (AvgIpc) is 2.68. The molecule has 1 amide bonds. The Morgan fingerprint density at radius 2 is 1.59 bits per heavy atom. The Balaban J connectivity index is 2.31. The summed E-state index contributed by atoms with van der Waals surface area (Å²) >= 11 is 0. The highest BCUT2D eigenvalue weighted by atomic mass is 16.4. The second-order valence-corrected chi connectivity index (χ2v) is 8.18. The maximum Gasteiger partial charge on any atom is 0.307 e. The molecule has 0 radical (unpaired) electrons. The van der Waals surface area contributed by atoms with Gasteiger partial charge in [-0.15, -0.1) is 0 Å². The third kappa shape index (κ3) is 11.5. The number of anilines is 1. The lowest BCUT2D eigenvalue weighted by atomic mass is 10.00. The number of hydrogen-bond donors (Lipinski definition) is 2. The minimum absolute atomic E-state index is 0.0109. The summed E-state index contributed by atoms with van der Waals surface area (Å²) in [6.07, 6.45) is 14.2. The second kappa shape index (κ2) is 14.8. The van der Waals surface area contributed by atoms with Crippen molar-refractivity contribution in [3.8, 4) is 0 Å². The van der Waals surface area contributed by atoms with E-state index in [1.165, 1.54) is 44.1 Å². The number of allylic oxidation sites excluding steroid dienone is 2. The summed E-state index contributed by atoms with van der Waals surface area (Å²) in [7, 11) is 0. The number of carboxylic acids is 1. The number of benzene rings is 1. The van der Waals surface area contributed by atoms with Crippen molar-refractivity contribution < 1.29 is 14.7 Å². The molecule has 1 aromatic carbocycles. The minimum atomic E-state index is -0.920. The molecule has 0 aliphatic heterocycles. The molecule has 4 heteroatoms. The van der Waals surface area contributed by atoms with E-state index in [2.05, 4.69) is 32.2 Å². The van der Waals surface area contributed by atoms with Crippen molar-refractivity contribution in [2.45, 2.75) is 90.9 Å². The number of rotatable bonds is 15. The Bertz CT molecular complexity index is 619. The number of aliphatic carboxylic acids is 1. The van der Waals surface area contributed by atoms with Crippen LogP contribution in [-0.2, 0) is 9.59 Å². The highest BCUT2D eigenvalue weighted by molar-refractivity contribution is 5.93. The van der Waals surface area contributed by atoms with Crippen LogP contribution >= 0.6 is 0 Å². The van der Waals surface area contributed by atoms with Crippen LogP contribution in [-0.4, -0.2) is 17.0 Å². The first kappa shape index (κ1) is 24.9. The third-order valence-electron chi connectivity index (χ3n) is 5.20. The molecule has 0 fully saturated rings. The van der Waals surface area contributed by atoms with Crippen LogP contribution in [0.3, 0.4) is 0 Å². The van der Waals surface area contributed by atoms with Gasteiger partial charge in [-0.3, -0.25) is 9.59 Å². The van der Waals surface area contributed by atoms with Crippen molar-refractivity contribution in [1.82, 2.24) is 0 Å². The van der Waals surface area contributed by atoms with Gasteiger partial charge in [-0.05, 0) is 42.9 Å². The fraction of sp³-hybridized carbons (Fsp3) is 0.600. The van der Waals surface area contributed by atoms with Crippen molar-refractivity contribution in [2.75, 3.05) is 5.32 Å². The van der Waals surface area contributed by atoms with Crippen LogP contribution < -0.4 is 5.32 Å². The predicted molar refractivity (Wildman–Crippen MR) is 121 cm³/mol. The molecule has 0 saturated heterocycles. The van der Waals surface area contributed by atoms with Crippen LogP contribution in [0.5, 0.6) is 0 Å². The van der Waals surface area contributed by atoms with Gasteiger partial charge in [0.2, 0.25) is 5.91 Å². The predicted octanol–water partition coefficient (Wildman–Crippen LogP) is 6.93. The molecule has 0 bridgehead atoms. The molecule has 1 atom stereocenters. The maximum atomic E-state index is 12.2. The van der Waals surface area contributed by atoms with Crippen molar-refractivity contribution in [3.05, 3.63) is 42.0 Å². The van der Waals surface area contributed by atoms with Gasteiger partial charge in [0, 0.05) is 12.1 Å². The molecule has 0 unspecified atom stereocenters. The van der Waals surface area contributed by atoms with Crippen LogP contribution in [0, 0.1) is 5.92 Å². The number of carboxylic acid groups (broad SMARTS) is 1. The SMILES string of the molecule is CCCCCCCCC/C=C/C[C@H](CC(=O)Nc1ccc(C(C)C)cc1)C(=O)O. The fourth-order valence-electron chi connectivity index (χ4n) is 3.26. The first-order chi connectivity index (χ1) is 13.9. The van der Waals surface area contributed by atoms with Crippen LogP contribution in [0.4, 0.5) is 5.69 Å². The molecule has 0 aliphatic carbocycles. The highest BCUT2D eigenvalue weighted by Crippen LogP contribution is 2.18. The Kier molecular flexibility index (Phi) is 12.8. The summed E-state index contributed by atoms with van der Waals surface area (Å²) in [6, 6.07) is 7.71. The van der Waals surface area contributed by atoms with E-state index >= 15 is 0 Å². The summed E-state index contributed by atoms with van der Waals surface area (Å²) in [6.45, 7) is 6.46. The summed E-state index contributed by atoms with van der Waals surface area (Å²) in [5, 5.41) is 12.2. The first-order valence-electron chi connectivity index (χ1n) is 11.2. The standard InChI is InChI=1S/C25H39NO3/c1-4-5-6-7-8-9-10-11-12-13-14-22(25(28)29)19-24(27)26-23-17-15-21(16-18-23)20(2)3/h12-13,15-18,20,22H,4-11,14,19H2,1-3H3,(H,26,27)(H,28,29)/b13-12+/t22-/m1/s1. The molecule has 162 valence electrons. The minimum Gasteiger partial charge on any atom is -0.481 e. The lowest BCUT2D eigenvalue weighted by molar-refractivity contribution is -0.143. The van der Waals surface area contributed by atoms with Gasteiger partial charge >= 0.3 is 5.97 Å². The van der Waals surface area contributed by atoms with Crippen LogP contribution in [0.1, 0.15) is 96.5 Å². The molecule has 2 N–H and O–H groups in total. The Morgan fingerprint density at radius 3 is 2.17 bits per heavy atom. The second-order valence-electron chi connectivity index (χ2n) is 8.18. The Morgan fingerprint density at radius 1 is 0.966 bits per heavy atom. The lowest BCUT2D eigenvalue weighted by Crippen LogP contribution is -2.22. The van der Waals surface area contributed by atoms with Crippen molar-refractivity contribution in [1.29, 1.82) is 0 Å². The van der Waals surface area contributed by atoms with E-state index in [4.69, 9.17) is 0 Å². The molecule has 0 spiro atoms. The summed E-state index contributed by atoms with van der Waals surface area (Å²) < 4.78 is 0. The average molecular weight is 402 g/mol. The topological polar surface area (TPSA) is 66.4 Å². The van der Waals surface area contributed by atoms with E-state index in [-0.39, 0.29) is 12.3 Å². The first-order valence-corrected chi connectivity index (χ1v) is 11.2. The van der Waals surface area contributed by atoms with Gasteiger partial charge in [0.1, 0.15) is 0 Å². The molecule has 0 saturated carbocycles. The number of carbonyl (C=O) groups excluding carboxylic acids is 1. The van der Waals surface area contributed by atoms with Gasteiger partial charge in [0.05, 0.1) is 5.92 Å². The van der Waals surface area contributed by atoms with Crippen LogP contribution in [0.2, 0.25) is 0 Å². The quantitative estimate of drug-likeness (QED) is 0.247. The zero-order valence-electron chi connectivity index (χ0n) is 18.5. The number of hydrogen-bond acceptors (Lipinski definition) is 2. The van der Waals surface area contributed by atoms with Gasteiger partial charge in [-0.1, -0.05) is 83.6 Å². The molecule has 0 aliphatic rings. The maximum absolute atomic E-state index is 12.2. The number of carbonyl (C=O) groups is 2. The zero-order valence-corrected chi connectivity index (χ0v) is 18.5. The van der Waals surface area contributed by atoms with Gasteiger partial charge in [0.25, 0.3) is 0 Å². The Hall–Kier alpha value is -2.10. The van der Waals surface area contributed by atoms with Gasteiger partial charge in [-0.25, -0.2) is 0 Å². The Labute approximate surface area is 176 Å². The van der Waals surface area contributed by atoms with Gasteiger partial charge in [0.15, 0.2) is 0 Å². The lowest BCUT2D eigenvalue weighted by Gasteiger charge is -2.11. The van der Waals surface area contributed by atoms with E-state index in [0.717, 1.165) is 12.8 Å². The van der Waals surface area contributed by atoms with Gasteiger partial charge in [-0.2, -0.15) is 0 Å². The van der Waals surface area contributed by atoms with E-state index in [9.17, 15) is 14.7 Å². The molecular weight excluding hydrogens is 362 g/mol. The number of unbranched alkanes of at least 4 members (excludes halogenated alkanes) is 7. The monoisotopic (exact) mass is 401 g/mol. The number of amides is 1. The van der Waals surface area contributed by atoms with Crippen molar-refractivity contribution in [3.63, 3.8) is 0 Å². The number of nitrogens with one attached hydrogen (secondary N) is 1. The molecule has 1 rings (SSSR count). The van der Waals surface area contributed by atoms with Crippen molar-refractivity contribution >= 4 is 17.6 Å².